The van der Waals surface area contributed by atoms with Crippen molar-refractivity contribution >= 4 is 5.91 Å². The minimum atomic E-state index is -0.116. The molecular formula is C19H21NO. The summed E-state index contributed by atoms with van der Waals surface area (Å²) in [6, 6.07) is 20.5. The maximum Gasteiger partial charge on any atom is 0.221 e. The summed E-state index contributed by atoms with van der Waals surface area (Å²) >= 11 is 0. The van der Waals surface area contributed by atoms with Crippen LogP contribution < -0.4 is 5.32 Å². The second kappa shape index (κ2) is 6.13. The number of hydrogen-bond acceptors (Lipinski definition) is 1. The largest absolute Gasteiger partial charge is 0.347 e. The summed E-state index contributed by atoms with van der Waals surface area (Å²) in [5, 5.41) is 3.28. The van der Waals surface area contributed by atoms with E-state index in [0.717, 1.165) is 19.3 Å². The Morgan fingerprint density at radius 2 is 1.57 bits per heavy atom. The van der Waals surface area contributed by atoms with Crippen LogP contribution in [-0.4, -0.2) is 5.91 Å². The van der Waals surface area contributed by atoms with Gasteiger partial charge in [0.2, 0.25) is 5.91 Å². The van der Waals surface area contributed by atoms with Gasteiger partial charge in [-0.05, 0) is 36.8 Å². The third-order valence-corrected chi connectivity index (χ3v) is 4.40. The maximum atomic E-state index is 12.3. The standard InChI is InChI=1S/C19H21NO/c21-18(13-12-16-8-3-1-4-9-16)20-19(14-7-15-19)17-10-5-2-6-11-17/h1-6,8-11H,7,12-15H2,(H,20,21). The van der Waals surface area contributed by atoms with Gasteiger partial charge in [0.05, 0.1) is 5.54 Å². The highest BCUT2D eigenvalue weighted by atomic mass is 16.1. The van der Waals surface area contributed by atoms with Crippen molar-refractivity contribution in [1.82, 2.24) is 5.32 Å². The first kappa shape index (κ1) is 13.9. The second-order valence-electron chi connectivity index (χ2n) is 5.84. The number of aryl methyl sites for hydroxylation is 1. The van der Waals surface area contributed by atoms with Crippen LogP contribution in [-0.2, 0) is 16.8 Å². The molecule has 1 fully saturated rings. The van der Waals surface area contributed by atoms with Gasteiger partial charge in [0.1, 0.15) is 0 Å². The Bertz CT molecular complexity index is 587. The highest BCUT2D eigenvalue weighted by Gasteiger charge is 2.39. The average molecular weight is 279 g/mol. The smallest absolute Gasteiger partial charge is 0.221 e. The molecule has 2 aromatic rings. The molecule has 1 saturated carbocycles. The molecule has 1 aliphatic rings. The minimum Gasteiger partial charge on any atom is -0.347 e. The summed E-state index contributed by atoms with van der Waals surface area (Å²) < 4.78 is 0. The lowest BCUT2D eigenvalue weighted by molar-refractivity contribution is -0.124. The number of amides is 1. The van der Waals surface area contributed by atoms with Crippen molar-refractivity contribution in [1.29, 1.82) is 0 Å². The Labute approximate surface area is 126 Å². The summed E-state index contributed by atoms with van der Waals surface area (Å²) in [5.74, 6) is 0.155. The second-order valence-corrected chi connectivity index (χ2v) is 5.84. The van der Waals surface area contributed by atoms with Crippen LogP contribution in [0.3, 0.4) is 0 Å². The molecule has 0 heterocycles. The van der Waals surface area contributed by atoms with E-state index >= 15 is 0 Å². The summed E-state index contributed by atoms with van der Waals surface area (Å²) in [4.78, 5) is 12.3. The molecule has 0 unspecified atom stereocenters. The van der Waals surface area contributed by atoms with Crippen molar-refractivity contribution in [2.24, 2.45) is 0 Å². The van der Waals surface area contributed by atoms with E-state index in [4.69, 9.17) is 0 Å². The Balaban J connectivity index is 1.61. The number of hydrogen-bond donors (Lipinski definition) is 1. The van der Waals surface area contributed by atoms with Crippen molar-refractivity contribution < 1.29 is 4.79 Å². The van der Waals surface area contributed by atoms with Crippen molar-refractivity contribution in [2.45, 2.75) is 37.6 Å². The first-order valence-electron chi connectivity index (χ1n) is 7.69. The molecule has 3 rings (SSSR count). The normalized spacial score (nSPS) is 16.0. The molecule has 0 radical (unpaired) electrons. The van der Waals surface area contributed by atoms with Crippen molar-refractivity contribution in [2.75, 3.05) is 0 Å². The lowest BCUT2D eigenvalue weighted by atomic mass is 9.71. The summed E-state index contributed by atoms with van der Waals surface area (Å²) in [6.07, 6.45) is 4.65. The zero-order valence-corrected chi connectivity index (χ0v) is 12.2. The summed E-state index contributed by atoms with van der Waals surface area (Å²) in [7, 11) is 0. The topological polar surface area (TPSA) is 29.1 Å². The number of rotatable bonds is 5. The first-order valence-corrected chi connectivity index (χ1v) is 7.69. The molecule has 21 heavy (non-hydrogen) atoms. The quantitative estimate of drug-likeness (QED) is 0.886. The molecule has 0 aliphatic heterocycles. The average Bonchev–Trinajstić information content (AvgIpc) is 2.51. The van der Waals surface area contributed by atoms with Crippen LogP contribution >= 0.6 is 0 Å². The van der Waals surface area contributed by atoms with Gasteiger partial charge in [-0.1, -0.05) is 60.7 Å². The van der Waals surface area contributed by atoms with Crippen LogP contribution in [0.25, 0.3) is 0 Å². The van der Waals surface area contributed by atoms with Crippen molar-refractivity contribution in [3.05, 3.63) is 71.8 Å². The number of nitrogens with one attached hydrogen (secondary N) is 1. The zero-order valence-electron chi connectivity index (χ0n) is 12.2. The minimum absolute atomic E-state index is 0.116. The summed E-state index contributed by atoms with van der Waals surface area (Å²) in [5.41, 5.74) is 2.34. The van der Waals surface area contributed by atoms with Crippen molar-refractivity contribution in [3.63, 3.8) is 0 Å². The van der Waals surface area contributed by atoms with E-state index in [1.807, 2.05) is 36.4 Å². The summed E-state index contributed by atoms with van der Waals surface area (Å²) in [6.45, 7) is 0. The lowest BCUT2D eigenvalue weighted by Gasteiger charge is -2.43. The predicted molar refractivity (Wildman–Crippen MR) is 84.9 cm³/mol. The molecule has 1 N–H and O–H groups in total. The monoisotopic (exact) mass is 279 g/mol. The third-order valence-electron chi connectivity index (χ3n) is 4.40. The molecule has 0 atom stereocenters. The highest BCUT2D eigenvalue weighted by molar-refractivity contribution is 5.77. The highest BCUT2D eigenvalue weighted by Crippen LogP contribution is 2.41. The van der Waals surface area contributed by atoms with Crippen LogP contribution in [0.5, 0.6) is 0 Å². The fraction of sp³-hybridized carbons (Fsp3) is 0.316. The van der Waals surface area contributed by atoms with Gasteiger partial charge in [-0.15, -0.1) is 0 Å². The Morgan fingerprint density at radius 1 is 0.952 bits per heavy atom. The van der Waals surface area contributed by atoms with Crippen LogP contribution in [0.15, 0.2) is 60.7 Å². The van der Waals surface area contributed by atoms with Gasteiger partial charge in [-0.2, -0.15) is 0 Å². The molecule has 2 aromatic carbocycles. The Hall–Kier alpha value is -2.09. The molecule has 0 saturated heterocycles. The molecule has 2 heteroatoms. The van der Waals surface area contributed by atoms with E-state index < -0.39 is 0 Å². The van der Waals surface area contributed by atoms with Crippen LogP contribution in [0.2, 0.25) is 0 Å². The lowest BCUT2D eigenvalue weighted by Crippen LogP contribution is -2.50. The van der Waals surface area contributed by atoms with Gasteiger partial charge in [0.25, 0.3) is 0 Å². The molecule has 2 nitrogen and oxygen atoms in total. The van der Waals surface area contributed by atoms with E-state index in [-0.39, 0.29) is 11.4 Å². The molecule has 0 bridgehead atoms. The van der Waals surface area contributed by atoms with Gasteiger partial charge in [0, 0.05) is 6.42 Å². The third kappa shape index (κ3) is 3.15. The van der Waals surface area contributed by atoms with Gasteiger partial charge in [-0.25, -0.2) is 0 Å². The number of carbonyl (C=O) groups excluding carboxylic acids is 1. The van der Waals surface area contributed by atoms with Gasteiger partial charge in [0.15, 0.2) is 0 Å². The van der Waals surface area contributed by atoms with Gasteiger partial charge in [-0.3, -0.25) is 4.79 Å². The molecule has 1 aliphatic carbocycles. The molecule has 0 spiro atoms. The van der Waals surface area contributed by atoms with Crippen LogP contribution in [0.1, 0.15) is 36.8 Å². The number of carbonyl (C=O) groups is 1. The molecule has 0 aromatic heterocycles. The fourth-order valence-electron chi connectivity index (χ4n) is 3.01. The first-order chi connectivity index (χ1) is 10.3. The Morgan fingerprint density at radius 3 is 2.14 bits per heavy atom. The molecule has 1 amide bonds. The van der Waals surface area contributed by atoms with Crippen LogP contribution in [0, 0.1) is 0 Å². The Kier molecular flexibility index (Phi) is 4.05. The number of benzene rings is 2. The van der Waals surface area contributed by atoms with E-state index in [1.54, 1.807) is 0 Å². The van der Waals surface area contributed by atoms with Gasteiger partial charge >= 0.3 is 0 Å². The fourth-order valence-corrected chi connectivity index (χ4v) is 3.01. The molecular weight excluding hydrogens is 258 g/mol. The van der Waals surface area contributed by atoms with Gasteiger partial charge < -0.3 is 5.32 Å². The molecule has 108 valence electrons. The maximum absolute atomic E-state index is 12.3. The van der Waals surface area contributed by atoms with Crippen LogP contribution in [0.4, 0.5) is 0 Å². The van der Waals surface area contributed by atoms with E-state index in [9.17, 15) is 4.79 Å². The van der Waals surface area contributed by atoms with E-state index in [0.29, 0.717) is 6.42 Å². The zero-order chi connectivity index (χ0) is 14.5. The van der Waals surface area contributed by atoms with E-state index in [1.165, 1.54) is 17.5 Å². The SMILES string of the molecule is O=C(CCc1ccccc1)NC1(c2ccccc2)CCC1. The van der Waals surface area contributed by atoms with E-state index in [2.05, 4.69) is 29.6 Å². The van der Waals surface area contributed by atoms with Crippen molar-refractivity contribution in [3.8, 4) is 0 Å². The predicted octanol–water partition coefficient (Wildman–Crippen LogP) is 3.81.